The Kier molecular flexibility index (Phi) is 19.3. The smallest absolute Gasteiger partial charge is 0.252 e. The molecule has 2 aliphatic heterocycles. The molecule has 0 unspecified atom stereocenters. The quantitative estimate of drug-likeness (QED) is 0.0842. The van der Waals surface area contributed by atoms with Crippen LogP contribution in [0.1, 0.15) is 132 Å². The minimum atomic E-state index is -2.90. The van der Waals surface area contributed by atoms with E-state index in [4.69, 9.17) is 0 Å². The third kappa shape index (κ3) is 13.8. The van der Waals surface area contributed by atoms with Crippen LogP contribution in [0, 0.1) is 0 Å². The Hall–Kier alpha value is -12.8. The van der Waals surface area contributed by atoms with Gasteiger partial charge in [-0.1, -0.05) is 389 Å². The van der Waals surface area contributed by atoms with Crippen LogP contribution < -0.4 is 46.9 Å². The van der Waals surface area contributed by atoms with Crippen molar-refractivity contribution in [2.75, 3.05) is 9.80 Å². The fraction of sp³-hybridized carbons (Fsp3) is 0.172. The van der Waals surface area contributed by atoms with E-state index in [0.717, 1.165) is 78.8 Å². The molecule has 121 heavy (non-hydrogen) atoms. The highest BCUT2D eigenvalue weighted by Crippen LogP contribution is 2.56. The summed E-state index contributed by atoms with van der Waals surface area (Å²) in [4.78, 5) is 5.51. The average Bonchev–Trinajstić information content (AvgIpc) is 1.23. The molecule has 1 aromatic heterocycles. The van der Waals surface area contributed by atoms with E-state index < -0.39 is 8.07 Å². The maximum absolute atomic E-state index is 2.90. The van der Waals surface area contributed by atoms with Crippen LogP contribution >= 0.6 is 0 Å². The molecule has 0 atom stereocenters. The Balaban J connectivity index is 0.969. The Morgan fingerprint density at radius 2 is 0.562 bits per heavy atom. The molecule has 0 amide bonds. The minimum absolute atomic E-state index is 0.0755. The number of anilines is 6. The highest BCUT2D eigenvalue weighted by molar-refractivity contribution is 7.20. The number of hydrogen-bond acceptors (Lipinski definition) is 2. The number of nitrogens with zero attached hydrogens (tertiary/aromatic N) is 3. The first-order valence-corrected chi connectivity index (χ1v) is 45.3. The van der Waals surface area contributed by atoms with Crippen molar-refractivity contribution in [3.63, 3.8) is 0 Å². The van der Waals surface area contributed by atoms with E-state index in [1.807, 2.05) is 0 Å². The molecule has 0 aliphatic carbocycles. The second-order valence-electron chi connectivity index (χ2n) is 38.9. The molecule has 19 rings (SSSR count). The summed E-state index contributed by atoms with van der Waals surface area (Å²) in [6, 6.07) is 143. The lowest BCUT2D eigenvalue weighted by Crippen LogP contribution is -2.74. The van der Waals surface area contributed by atoms with Crippen LogP contribution in [-0.2, 0) is 27.1 Å². The van der Waals surface area contributed by atoms with Gasteiger partial charge in [0.05, 0.1) is 22.4 Å². The molecule has 17 aromatic rings. The second kappa shape index (κ2) is 29.9. The first-order chi connectivity index (χ1) is 58.2. The lowest BCUT2D eigenvalue weighted by Gasteiger charge is -2.47. The topological polar surface area (TPSA) is 11.4 Å². The summed E-state index contributed by atoms with van der Waals surface area (Å²) in [5.41, 5.74) is 33.4. The summed E-state index contributed by atoms with van der Waals surface area (Å²) < 4.78 is 2.58. The number of rotatable bonds is 13. The summed E-state index contributed by atoms with van der Waals surface area (Å²) >= 11 is 0. The van der Waals surface area contributed by atoms with Gasteiger partial charge in [0.15, 0.2) is 8.07 Å². The van der Waals surface area contributed by atoms with Crippen molar-refractivity contribution in [3.05, 3.63) is 398 Å². The van der Waals surface area contributed by atoms with Gasteiger partial charge in [-0.05, 0) is 221 Å². The van der Waals surface area contributed by atoms with Crippen LogP contribution in [-0.4, -0.2) is 19.4 Å². The van der Waals surface area contributed by atoms with E-state index in [1.165, 1.54) is 115 Å². The number of benzene rings is 16. The van der Waals surface area contributed by atoms with Gasteiger partial charge in [0.1, 0.15) is 0 Å². The molecule has 0 bridgehead atoms. The Morgan fingerprint density at radius 1 is 0.223 bits per heavy atom. The van der Waals surface area contributed by atoms with E-state index in [1.54, 1.807) is 0 Å². The lowest BCUT2D eigenvalue weighted by atomic mass is 9.33. The summed E-state index contributed by atoms with van der Waals surface area (Å²) in [6.45, 7) is 35.2. The predicted molar refractivity (Wildman–Crippen MR) is 525 cm³/mol. The standard InChI is InChI=1S/C116H106BN3Si/c1-112(2,3)85-57-64-103-99(68-85)100-69-86(113(4,5)6)58-65-104(100)118(103)90-59-62-101-106(76-90)120(110-95(79-40-25-17-26-41-79)70-87(114(7,8)9)71-96(110)80-42-27-18-28-43-80)108-75-89(116(13,14)15)74-107-109(108)117(101)102-67-83(78-54-60-94(61-55-78)121(91-48-31-20-32-49-91,92-50-33-21-34-51-92)93-52-35-22-36-53-93)56-63-105(102)119(107)111-97(81-44-29-19-30-45-81)72-88(115(10,11)12)73-98(111)84-47-37-46-82(66-84)77-38-23-16-24-39-77/h16-76H,1-15H3. The zero-order valence-corrected chi connectivity index (χ0v) is 73.6. The van der Waals surface area contributed by atoms with Gasteiger partial charge in [-0.2, -0.15) is 0 Å². The van der Waals surface area contributed by atoms with Crippen LogP contribution in [0.5, 0.6) is 0 Å². The van der Waals surface area contributed by atoms with Gasteiger partial charge in [-0.25, -0.2) is 0 Å². The summed E-state index contributed by atoms with van der Waals surface area (Å²) in [5.74, 6) is 0. The van der Waals surface area contributed by atoms with Crippen molar-refractivity contribution in [2.45, 2.75) is 131 Å². The van der Waals surface area contributed by atoms with Gasteiger partial charge < -0.3 is 14.4 Å². The minimum Gasteiger partial charge on any atom is -0.310 e. The predicted octanol–water partition coefficient (Wildman–Crippen LogP) is 26.7. The summed E-state index contributed by atoms with van der Waals surface area (Å²) in [7, 11) is -2.90. The molecule has 3 nitrogen and oxygen atoms in total. The van der Waals surface area contributed by atoms with Crippen molar-refractivity contribution < 1.29 is 0 Å². The van der Waals surface area contributed by atoms with E-state index in [2.05, 4.69) is 488 Å². The fourth-order valence-electron chi connectivity index (χ4n) is 19.3. The molecule has 2 aliphatic rings. The maximum Gasteiger partial charge on any atom is 0.252 e. The Morgan fingerprint density at radius 3 is 0.983 bits per heavy atom. The maximum atomic E-state index is 2.77. The SMILES string of the molecule is CC(C)(C)c1cc(-c2ccccc2)c(N2c3ccc(-c4ccc([Si](c5ccccc5)(c5ccccc5)c5ccccc5)cc4)cc3B3c4ccc(-n5c6ccc(C(C)(C)C)cc6c6cc(C(C)(C)C)ccc65)cc4N(c4c(-c5ccccc5)cc(C(C)(C)C)cc4-c4ccccc4)c4cc(C(C)(C)C)cc2c43)c(-c2cccc(-c3ccccc3)c2)c1. The van der Waals surface area contributed by atoms with E-state index in [9.17, 15) is 0 Å². The fourth-order valence-corrected chi connectivity index (χ4v) is 24.0. The van der Waals surface area contributed by atoms with Crippen molar-refractivity contribution in [2.24, 2.45) is 0 Å². The van der Waals surface area contributed by atoms with Crippen molar-refractivity contribution >= 4 is 108 Å². The first-order valence-electron chi connectivity index (χ1n) is 43.3. The van der Waals surface area contributed by atoms with Crippen LogP contribution in [0.15, 0.2) is 370 Å². The number of aromatic nitrogens is 1. The van der Waals surface area contributed by atoms with Gasteiger partial charge in [-0.15, -0.1) is 0 Å². The molecule has 5 heteroatoms. The van der Waals surface area contributed by atoms with Crippen LogP contribution in [0.3, 0.4) is 0 Å². The molecule has 592 valence electrons. The van der Waals surface area contributed by atoms with Crippen LogP contribution in [0.25, 0.3) is 94.3 Å². The largest absolute Gasteiger partial charge is 0.310 e. The van der Waals surface area contributed by atoms with Gasteiger partial charge in [0, 0.05) is 61.5 Å². The molecule has 0 radical (unpaired) electrons. The molecule has 0 spiro atoms. The molecule has 16 aromatic carbocycles. The molecular weight excluding hydrogens is 1470 g/mol. The number of hydrogen-bond donors (Lipinski definition) is 0. The van der Waals surface area contributed by atoms with E-state index >= 15 is 0 Å². The third-order valence-electron chi connectivity index (χ3n) is 25.9. The molecule has 0 saturated carbocycles. The van der Waals surface area contributed by atoms with Gasteiger partial charge in [0.25, 0.3) is 6.71 Å². The first kappa shape index (κ1) is 78.1. The van der Waals surface area contributed by atoms with Crippen molar-refractivity contribution in [1.82, 2.24) is 4.57 Å². The highest BCUT2D eigenvalue weighted by Gasteiger charge is 2.48. The monoisotopic (exact) mass is 1580 g/mol. The highest BCUT2D eigenvalue weighted by atomic mass is 28.3. The molecule has 0 N–H and O–H groups in total. The lowest BCUT2D eigenvalue weighted by molar-refractivity contribution is 0.590. The number of fused-ring (bicyclic) bond motifs is 7. The third-order valence-corrected chi connectivity index (χ3v) is 30.7. The molecular formula is C116H106BN3Si. The van der Waals surface area contributed by atoms with E-state index in [0.29, 0.717) is 0 Å². The van der Waals surface area contributed by atoms with E-state index in [-0.39, 0.29) is 33.8 Å². The van der Waals surface area contributed by atoms with Gasteiger partial charge in [-0.3, -0.25) is 0 Å². The molecule has 3 heterocycles. The molecule has 0 saturated heterocycles. The zero-order chi connectivity index (χ0) is 83.7. The van der Waals surface area contributed by atoms with Crippen molar-refractivity contribution in [3.8, 4) is 72.4 Å². The Labute approximate surface area is 718 Å². The summed E-state index contributed by atoms with van der Waals surface area (Å²) in [5, 5.41) is 7.90. The normalized spacial score (nSPS) is 13.0. The van der Waals surface area contributed by atoms with Crippen molar-refractivity contribution in [1.29, 1.82) is 0 Å². The zero-order valence-electron chi connectivity index (χ0n) is 72.6. The van der Waals surface area contributed by atoms with Crippen LogP contribution in [0.4, 0.5) is 34.1 Å². The van der Waals surface area contributed by atoms with Gasteiger partial charge >= 0.3 is 0 Å². The average molecular weight is 1580 g/mol. The summed E-state index contributed by atoms with van der Waals surface area (Å²) in [6.07, 6.45) is 0. The van der Waals surface area contributed by atoms with Crippen LogP contribution in [0.2, 0.25) is 0 Å². The second-order valence-corrected chi connectivity index (χ2v) is 42.7. The Bertz CT molecular complexity index is 6570. The molecule has 0 fully saturated rings. The van der Waals surface area contributed by atoms with Gasteiger partial charge in [0.2, 0.25) is 0 Å².